The van der Waals surface area contributed by atoms with Crippen LogP contribution in [0.1, 0.15) is 31.4 Å². The summed E-state index contributed by atoms with van der Waals surface area (Å²) in [6.45, 7) is 4.54. The molecule has 1 aromatic heterocycles. The number of anilines is 1. The summed E-state index contributed by atoms with van der Waals surface area (Å²) in [6, 6.07) is 4.42. The predicted octanol–water partition coefficient (Wildman–Crippen LogP) is 0.912. The first kappa shape index (κ1) is 12.4. The van der Waals surface area contributed by atoms with Gasteiger partial charge in [0.1, 0.15) is 5.82 Å². The number of hydrogen-bond acceptors (Lipinski definition) is 4. The fraction of sp³-hybridized carbons (Fsp3) is 0.571. The van der Waals surface area contributed by atoms with Crippen molar-refractivity contribution in [2.24, 2.45) is 5.73 Å². The number of pyridine rings is 1. The van der Waals surface area contributed by atoms with Gasteiger partial charge in [-0.2, -0.15) is 0 Å². The Morgan fingerprint density at radius 3 is 3.11 bits per heavy atom. The molecule has 2 aliphatic rings. The molecule has 1 aromatic rings. The molecule has 2 aliphatic heterocycles. The van der Waals surface area contributed by atoms with Gasteiger partial charge >= 0.3 is 0 Å². The average Bonchev–Trinajstić information content (AvgIpc) is 2.80. The number of piperazine rings is 1. The van der Waals surface area contributed by atoms with Gasteiger partial charge in [-0.1, -0.05) is 0 Å². The Kier molecular flexibility index (Phi) is 3.14. The molecule has 2 N–H and O–H groups in total. The lowest BCUT2D eigenvalue weighted by Crippen LogP contribution is -2.51. The van der Waals surface area contributed by atoms with Gasteiger partial charge in [-0.15, -0.1) is 0 Å². The molecule has 0 bridgehead atoms. The van der Waals surface area contributed by atoms with E-state index in [1.807, 2.05) is 24.1 Å². The minimum absolute atomic E-state index is 0.0242. The summed E-state index contributed by atoms with van der Waals surface area (Å²) in [5.74, 6) is 1.29. The summed E-state index contributed by atoms with van der Waals surface area (Å²) in [5.41, 5.74) is 7.02. The molecule has 1 unspecified atom stereocenters. The van der Waals surface area contributed by atoms with Gasteiger partial charge in [0.2, 0.25) is 5.91 Å². The molecule has 0 aliphatic carbocycles. The van der Waals surface area contributed by atoms with Crippen molar-refractivity contribution in [1.82, 2.24) is 9.88 Å². The van der Waals surface area contributed by atoms with E-state index in [-0.39, 0.29) is 6.04 Å². The van der Waals surface area contributed by atoms with Crippen molar-refractivity contribution < 1.29 is 4.79 Å². The molecule has 0 aromatic carbocycles. The quantitative estimate of drug-likeness (QED) is 0.858. The van der Waals surface area contributed by atoms with Gasteiger partial charge in [-0.3, -0.25) is 4.79 Å². The van der Waals surface area contributed by atoms with E-state index in [4.69, 9.17) is 5.73 Å². The molecular weight excluding hydrogens is 240 g/mol. The maximum absolute atomic E-state index is 11.7. The maximum Gasteiger partial charge on any atom is 0.223 e. The van der Waals surface area contributed by atoms with Crippen molar-refractivity contribution in [1.29, 1.82) is 0 Å². The van der Waals surface area contributed by atoms with E-state index in [1.165, 1.54) is 0 Å². The number of carbonyl (C=O) groups excluding carboxylic acids is 1. The number of hydrogen-bond donors (Lipinski definition) is 1. The summed E-state index contributed by atoms with van der Waals surface area (Å²) in [7, 11) is 0. The van der Waals surface area contributed by atoms with Crippen molar-refractivity contribution >= 4 is 11.7 Å². The van der Waals surface area contributed by atoms with Crippen LogP contribution >= 0.6 is 0 Å². The van der Waals surface area contributed by atoms with E-state index in [0.717, 1.165) is 37.4 Å². The zero-order chi connectivity index (χ0) is 13.4. The van der Waals surface area contributed by atoms with Gasteiger partial charge in [0.05, 0.1) is 0 Å². The van der Waals surface area contributed by atoms with Gasteiger partial charge in [0.15, 0.2) is 0 Å². The minimum Gasteiger partial charge on any atom is -0.353 e. The summed E-state index contributed by atoms with van der Waals surface area (Å²) < 4.78 is 0. The molecule has 2 saturated heterocycles. The molecule has 2 fully saturated rings. The Morgan fingerprint density at radius 1 is 1.47 bits per heavy atom. The van der Waals surface area contributed by atoms with Crippen LogP contribution in [0.5, 0.6) is 0 Å². The number of nitrogens with zero attached hydrogens (tertiary/aromatic N) is 3. The largest absolute Gasteiger partial charge is 0.353 e. The smallest absolute Gasteiger partial charge is 0.223 e. The van der Waals surface area contributed by atoms with Crippen LogP contribution in [0.25, 0.3) is 0 Å². The van der Waals surface area contributed by atoms with Crippen LogP contribution in [0.4, 0.5) is 5.82 Å². The molecular formula is C14H20N4O. The second-order valence-electron chi connectivity index (χ2n) is 5.46. The first-order valence-corrected chi connectivity index (χ1v) is 6.91. The highest BCUT2D eigenvalue weighted by Crippen LogP contribution is 2.26. The van der Waals surface area contributed by atoms with Crippen molar-refractivity contribution in [2.45, 2.75) is 31.8 Å². The van der Waals surface area contributed by atoms with E-state index >= 15 is 0 Å². The summed E-state index contributed by atoms with van der Waals surface area (Å²) in [6.07, 6.45) is 3.49. The molecule has 5 heteroatoms. The fourth-order valence-corrected chi connectivity index (χ4v) is 2.96. The lowest BCUT2D eigenvalue weighted by atomic mass is 10.1. The van der Waals surface area contributed by atoms with Crippen LogP contribution in [0.15, 0.2) is 18.3 Å². The molecule has 19 heavy (non-hydrogen) atoms. The molecule has 2 atom stereocenters. The van der Waals surface area contributed by atoms with Crippen LogP contribution in [-0.2, 0) is 4.79 Å². The predicted molar refractivity (Wildman–Crippen MR) is 73.8 cm³/mol. The number of carbonyl (C=O) groups is 1. The summed E-state index contributed by atoms with van der Waals surface area (Å²) in [4.78, 5) is 20.4. The van der Waals surface area contributed by atoms with Gasteiger partial charge in [-0.05, 0) is 31.0 Å². The van der Waals surface area contributed by atoms with Gasteiger partial charge in [0.25, 0.3) is 0 Å². The summed E-state index contributed by atoms with van der Waals surface area (Å²) >= 11 is 0. The SMILES string of the molecule is C[C@@H](N)c1ccnc(N2CCN3C(=O)CCC3C2)c1. The number of fused-ring (bicyclic) bond motifs is 1. The zero-order valence-corrected chi connectivity index (χ0v) is 11.2. The Balaban J connectivity index is 1.77. The van der Waals surface area contributed by atoms with Gasteiger partial charge in [0, 0.05) is 44.3 Å². The highest BCUT2D eigenvalue weighted by Gasteiger charge is 2.35. The Labute approximate surface area is 113 Å². The lowest BCUT2D eigenvalue weighted by molar-refractivity contribution is -0.129. The standard InChI is InChI=1S/C14H20N4O/c1-10(15)11-4-5-16-13(8-11)17-6-7-18-12(9-17)2-3-14(18)19/h4-5,8,10,12H,2-3,6-7,9,15H2,1H3/t10-,12?/m1/s1. The van der Waals surface area contributed by atoms with Crippen LogP contribution in [0.2, 0.25) is 0 Å². The zero-order valence-electron chi connectivity index (χ0n) is 11.2. The number of aromatic nitrogens is 1. The topological polar surface area (TPSA) is 62.5 Å². The molecule has 0 radical (unpaired) electrons. The molecule has 0 saturated carbocycles. The highest BCUT2D eigenvalue weighted by molar-refractivity contribution is 5.79. The normalized spacial score (nSPS) is 24.5. The number of amides is 1. The van der Waals surface area contributed by atoms with Crippen LogP contribution < -0.4 is 10.6 Å². The maximum atomic E-state index is 11.7. The second kappa shape index (κ2) is 4.81. The molecule has 0 spiro atoms. The molecule has 3 heterocycles. The lowest BCUT2D eigenvalue weighted by Gasteiger charge is -2.38. The Bertz CT molecular complexity index is 488. The summed E-state index contributed by atoms with van der Waals surface area (Å²) in [5, 5.41) is 0. The highest BCUT2D eigenvalue weighted by atomic mass is 16.2. The van der Waals surface area contributed by atoms with Gasteiger partial charge in [-0.25, -0.2) is 4.98 Å². The van der Waals surface area contributed by atoms with E-state index in [1.54, 1.807) is 0 Å². The van der Waals surface area contributed by atoms with Crippen LogP contribution in [0.3, 0.4) is 0 Å². The van der Waals surface area contributed by atoms with Crippen molar-refractivity contribution in [2.75, 3.05) is 24.5 Å². The van der Waals surface area contributed by atoms with Crippen LogP contribution in [-0.4, -0.2) is 41.5 Å². The van der Waals surface area contributed by atoms with Crippen molar-refractivity contribution in [3.63, 3.8) is 0 Å². The van der Waals surface area contributed by atoms with Crippen molar-refractivity contribution in [3.8, 4) is 0 Å². The Morgan fingerprint density at radius 2 is 2.32 bits per heavy atom. The van der Waals surface area contributed by atoms with E-state index in [0.29, 0.717) is 18.4 Å². The number of rotatable bonds is 2. The molecule has 5 nitrogen and oxygen atoms in total. The van der Waals surface area contributed by atoms with E-state index in [2.05, 4.69) is 16.0 Å². The average molecular weight is 260 g/mol. The number of nitrogens with two attached hydrogens (primary N) is 1. The van der Waals surface area contributed by atoms with E-state index < -0.39 is 0 Å². The monoisotopic (exact) mass is 260 g/mol. The third kappa shape index (κ3) is 2.30. The Hall–Kier alpha value is -1.62. The minimum atomic E-state index is 0.0242. The van der Waals surface area contributed by atoms with E-state index in [9.17, 15) is 4.79 Å². The fourth-order valence-electron chi connectivity index (χ4n) is 2.96. The first-order valence-electron chi connectivity index (χ1n) is 6.91. The van der Waals surface area contributed by atoms with Crippen molar-refractivity contribution in [3.05, 3.63) is 23.9 Å². The molecule has 3 rings (SSSR count). The second-order valence-corrected chi connectivity index (χ2v) is 5.46. The third-order valence-electron chi connectivity index (χ3n) is 4.11. The third-order valence-corrected chi connectivity index (χ3v) is 4.11. The van der Waals surface area contributed by atoms with Crippen LogP contribution in [0, 0.1) is 0 Å². The van der Waals surface area contributed by atoms with Gasteiger partial charge < -0.3 is 15.5 Å². The molecule has 102 valence electrons. The first-order chi connectivity index (χ1) is 9.15. The molecule has 1 amide bonds.